The number of ether oxygens (including phenoxy) is 1. The molecule has 0 N–H and O–H groups in total. The average Bonchev–Trinajstić information content (AvgIpc) is 2.85. The van der Waals surface area contributed by atoms with E-state index in [1.165, 1.54) is 17.8 Å². The van der Waals surface area contributed by atoms with Crippen molar-refractivity contribution < 1.29 is 9.13 Å². The second-order valence-electron chi connectivity index (χ2n) is 4.13. The van der Waals surface area contributed by atoms with Gasteiger partial charge in [0.25, 0.3) is 0 Å². The second kappa shape index (κ2) is 6.51. The summed E-state index contributed by atoms with van der Waals surface area (Å²) in [5.41, 5.74) is 0. The Morgan fingerprint density at radius 1 is 1.37 bits per heavy atom. The standard InChI is InChI=1S/C12H15FN4OS/c1-9(2)17-12(14-15-16-17)19-8-7-18-11-6-4-3-5-10(11)13/h3-6,9H,7-8H2,1-2H3. The first-order chi connectivity index (χ1) is 9.18. The van der Waals surface area contributed by atoms with Gasteiger partial charge in [-0.1, -0.05) is 23.9 Å². The van der Waals surface area contributed by atoms with Crippen LogP contribution in [0.3, 0.4) is 0 Å². The summed E-state index contributed by atoms with van der Waals surface area (Å²) in [5, 5.41) is 12.2. The Kier molecular flexibility index (Phi) is 4.73. The minimum absolute atomic E-state index is 0.213. The molecule has 0 amide bonds. The number of benzene rings is 1. The normalized spacial score (nSPS) is 10.9. The average molecular weight is 282 g/mol. The van der Waals surface area contributed by atoms with Crippen molar-refractivity contribution in [3.63, 3.8) is 0 Å². The fraction of sp³-hybridized carbons (Fsp3) is 0.417. The van der Waals surface area contributed by atoms with Crippen molar-refractivity contribution >= 4 is 11.8 Å². The molecule has 2 aromatic rings. The maximum Gasteiger partial charge on any atom is 0.209 e. The number of nitrogens with zero attached hydrogens (tertiary/aromatic N) is 4. The summed E-state index contributed by atoms with van der Waals surface area (Å²) < 4.78 is 20.4. The molecule has 7 heteroatoms. The Labute approximate surface area is 115 Å². The largest absolute Gasteiger partial charge is 0.490 e. The molecule has 19 heavy (non-hydrogen) atoms. The van der Waals surface area contributed by atoms with E-state index in [1.54, 1.807) is 22.9 Å². The van der Waals surface area contributed by atoms with Gasteiger partial charge in [-0.15, -0.1) is 5.10 Å². The highest BCUT2D eigenvalue weighted by Gasteiger charge is 2.09. The van der Waals surface area contributed by atoms with Crippen LogP contribution in [0.25, 0.3) is 0 Å². The number of aromatic nitrogens is 4. The van der Waals surface area contributed by atoms with Gasteiger partial charge in [-0.3, -0.25) is 0 Å². The van der Waals surface area contributed by atoms with Crippen molar-refractivity contribution in [3.8, 4) is 5.75 Å². The zero-order valence-electron chi connectivity index (χ0n) is 10.8. The van der Waals surface area contributed by atoms with Gasteiger partial charge in [0.05, 0.1) is 12.6 Å². The number of hydrogen-bond donors (Lipinski definition) is 0. The molecule has 1 aromatic heterocycles. The van der Waals surface area contributed by atoms with Crippen LogP contribution in [0, 0.1) is 5.82 Å². The fourth-order valence-electron chi connectivity index (χ4n) is 1.45. The van der Waals surface area contributed by atoms with Gasteiger partial charge in [0.15, 0.2) is 11.6 Å². The summed E-state index contributed by atoms with van der Waals surface area (Å²) in [6, 6.07) is 6.57. The lowest BCUT2D eigenvalue weighted by atomic mass is 10.3. The van der Waals surface area contributed by atoms with Crippen LogP contribution < -0.4 is 4.74 Å². The van der Waals surface area contributed by atoms with Gasteiger partial charge in [0, 0.05) is 5.75 Å². The molecule has 0 saturated heterocycles. The number of hydrogen-bond acceptors (Lipinski definition) is 5. The lowest BCUT2D eigenvalue weighted by molar-refractivity contribution is 0.324. The van der Waals surface area contributed by atoms with Crippen LogP contribution in [0.15, 0.2) is 29.4 Å². The third-order valence-electron chi connectivity index (χ3n) is 2.36. The van der Waals surface area contributed by atoms with Gasteiger partial charge in [-0.2, -0.15) is 0 Å². The molecule has 0 fully saturated rings. The van der Waals surface area contributed by atoms with Gasteiger partial charge >= 0.3 is 0 Å². The van der Waals surface area contributed by atoms with Crippen molar-refractivity contribution in [2.45, 2.75) is 25.0 Å². The summed E-state index contributed by atoms with van der Waals surface area (Å²) in [5.74, 6) is 0.576. The molecule has 2 rings (SSSR count). The van der Waals surface area contributed by atoms with Gasteiger partial charge < -0.3 is 4.74 Å². The highest BCUT2D eigenvalue weighted by molar-refractivity contribution is 7.99. The van der Waals surface area contributed by atoms with E-state index in [0.29, 0.717) is 12.4 Å². The smallest absolute Gasteiger partial charge is 0.209 e. The molecule has 0 aliphatic heterocycles. The minimum Gasteiger partial charge on any atom is -0.490 e. The van der Waals surface area contributed by atoms with Crippen LogP contribution in [0.4, 0.5) is 4.39 Å². The summed E-state index contributed by atoms with van der Waals surface area (Å²) in [6.07, 6.45) is 0. The molecule has 5 nitrogen and oxygen atoms in total. The third kappa shape index (κ3) is 3.66. The first-order valence-electron chi connectivity index (χ1n) is 5.96. The molecule has 0 atom stereocenters. The Balaban J connectivity index is 1.81. The molecule has 1 aromatic carbocycles. The van der Waals surface area contributed by atoms with E-state index in [1.807, 2.05) is 13.8 Å². The molecule has 0 unspecified atom stereocenters. The van der Waals surface area contributed by atoms with Crippen LogP contribution in [0.1, 0.15) is 19.9 Å². The first-order valence-corrected chi connectivity index (χ1v) is 6.95. The summed E-state index contributed by atoms with van der Waals surface area (Å²) >= 11 is 1.49. The maximum absolute atomic E-state index is 13.3. The van der Waals surface area contributed by atoms with Crippen LogP contribution in [0.5, 0.6) is 5.75 Å². The van der Waals surface area contributed by atoms with Gasteiger partial charge in [-0.25, -0.2) is 9.07 Å². The topological polar surface area (TPSA) is 52.8 Å². The molecule has 0 aliphatic rings. The molecule has 0 saturated carbocycles. The van der Waals surface area contributed by atoms with Crippen molar-refractivity contribution in [2.75, 3.05) is 12.4 Å². The lowest BCUT2D eigenvalue weighted by Gasteiger charge is -2.08. The Morgan fingerprint density at radius 2 is 2.16 bits per heavy atom. The second-order valence-corrected chi connectivity index (χ2v) is 5.19. The Hall–Kier alpha value is -1.63. The molecule has 102 valence electrons. The molecule has 0 bridgehead atoms. The zero-order chi connectivity index (χ0) is 13.7. The molecule has 0 radical (unpaired) electrons. The van der Waals surface area contributed by atoms with Gasteiger partial charge in [0.2, 0.25) is 5.16 Å². The van der Waals surface area contributed by atoms with Crippen LogP contribution in [-0.4, -0.2) is 32.6 Å². The van der Waals surface area contributed by atoms with E-state index in [-0.39, 0.29) is 17.6 Å². The lowest BCUT2D eigenvalue weighted by Crippen LogP contribution is -2.07. The van der Waals surface area contributed by atoms with Crippen molar-refractivity contribution in [2.24, 2.45) is 0 Å². The van der Waals surface area contributed by atoms with Crippen LogP contribution >= 0.6 is 11.8 Å². The van der Waals surface area contributed by atoms with Gasteiger partial charge in [0.1, 0.15) is 0 Å². The fourth-order valence-corrected chi connectivity index (χ4v) is 2.27. The number of rotatable bonds is 6. The highest BCUT2D eigenvalue weighted by atomic mass is 32.2. The van der Waals surface area contributed by atoms with Crippen molar-refractivity contribution in [1.29, 1.82) is 0 Å². The van der Waals surface area contributed by atoms with E-state index in [4.69, 9.17) is 4.74 Å². The van der Waals surface area contributed by atoms with Gasteiger partial charge in [-0.05, 0) is 36.4 Å². The van der Waals surface area contributed by atoms with E-state index < -0.39 is 0 Å². The highest BCUT2D eigenvalue weighted by Crippen LogP contribution is 2.19. The minimum atomic E-state index is -0.348. The SMILES string of the molecule is CC(C)n1nnnc1SCCOc1ccccc1F. The molecular weight excluding hydrogens is 267 g/mol. The first kappa shape index (κ1) is 13.8. The van der Waals surface area contributed by atoms with E-state index in [2.05, 4.69) is 15.5 Å². The van der Waals surface area contributed by atoms with Crippen LogP contribution in [-0.2, 0) is 0 Å². The summed E-state index contributed by atoms with van der Waals surface area (Å²) in [7, 11) is 0. The molecule has 0 aliphatic carbocycles. The van der Waals surface area contributed by atoms with Crippen LogP contribution in [0.2, 0.25) is 0 Å². The van der Waals surface area contributed by atoms with Crippen molar-refractivity contribution in [1.82, 2.24) is 20.2 Å². The molecular formula is C12H15FN4OS. The Bertz CT molecular complexity index is 532. The maximum atomic E-state index is 13.3. The summed E-state index contributed by atoms with van der Waals surface area (Å²) in [4.78, 5) is 0. The monoisotopic (exact) mass is 282 g/mol. The molecule has 0 spiro atoms. The third-order valence-corrected chi connectivity index (χ3v) is 3.26. The zero-order valence-corrected chi connectivity index (χ0v) is 11.6. The quantitative estimate of drug-likeness (QED) is 0.602. The Morgan fingerprint density at radius 3 is 2.89 bits per heavy atom. The van der Waals surface area contributed by atoms with Crippen molar-refractivity contribution in [3.05, 3.63) is 30.1 Å². The number of tetrazole rings is 1. The van der Waals surface area contributed by atoms with E-state index >= 15 is 0 Å². The predicted molar refractivity (Wildman–Crippen MR) is 70.8 cm³/mol. The van der Waals surface area contributed by atoms with E-state index in [0.717, 1.165) is 5.16 Å². The number of halogens is 1. The predicted octanol–water partition coefficient (Wildman–Crippen LogP) is 2.56. The number of para-hydroxylation sites is 1. The summed E-state index contributed by atoms with van der Waals surface area (Å²) in [6.45, 7) is 4.42. The number of thioether (sulfide) groups is 1. The van der Waals surface area contributed by atoms with E-state index in [9.17, 15) is 4.39 Å². The molecule has 1 heterocycles.